The second kappa shape index (κ2) is 10.6. The summed E-state index contributed by atoms with van der Waals surface area (Å²) in [7, 11) is -3.56. The molecule has 1 amide bonds. The number of anilines is 4. The van der Waals surface area contributed by atoms with Gasteiger partial charge in [-0.15, -0.1) is 0 Å². The fraction of sp³-hybridized carbons (Fsp3) is 0.560. The van der Waals surface area contributed by atoms with Gasteiger partial charge in [-0.05, 0) is 50.3 Å². The Labute approximate surface area is 212 Å². The van der Waals surface area contributed by atoms with E-state index in [1.807, 2.05) is 13.0 Å². The van der Waals surface area contributed by atoms with Gasteiger partial charge in [-0.2, -0.15) is 4.98 Å². The van der Waals surface area contributed by atoms with Gasteiger partial charge < -0.3 is 20.3 Å². The molecule has 2 fully saturated rings. The number of carbonyl (C=O) groups is 1. The van der Waals surface area contributed by atoms with Crippen molar-refractivity contribution in [2.24, 2.45) is 5.92 Å². The maximum Gasteiger partial charge on any atom is 0.259 e. The van der Waals surface area contributed by atoms with Gasteiger partial charge >= 0.3 is 0 Å². The number of nitrogens with one attached hydrogen (secondary N) is 2. The highest BCUT2D eigenvalue weighted by Gasteiger charge is 2.29. The number of nitrogens with zero attached hydrogens (tertiary/aromatic N) is 4. The van der Waals surface area contributed by atoms with E-state index in [4.69, 9.17) is 4.74 Å². The normalized spacial score (nSPS) is 21.3. The first-order valence-corrected chi connectivity index (χ1v) is 14.4. The molecule has 1 aromatic heterocycles. The number of aryl methyl sites for hydroxylation is 1. The lowest BCUT2D eigenvalue weighted by Gasteiger charge is -2.36. The topological polar surface area (TPSA) is 117 Å². The molecular formula is C25H34N6O4S. The van der Waals surface area contributed by atoms with Gasteiger partial charge in [-0.3, -0.25) is 9.10 Å². The predicted octanol–water partition coefficient (Wildman–Crippen LogP) is 3.36. The van der Waals surface area contributed by atoms with Gasteiger partial charge in [0.05, 0.1) is 30.1 Å². The lowest BCUT2D eigenvalue weighted by atomic mass is 9.90. The first kappa shape index (κ1) is 24.8. The third kappa shape index (κ3) is 5.57. The number of fused-ring (bicyclic) bond motifs is 8. The number of aromatic nitrogens is 2. The summed E-state index contributed by atoms with van der Waals surface area (Å²) in [6.07, 6.45) is 6.73. The molecule has 1 aromatic carbocycles. The van der Waals surface area contributed by atoms with Crippen LogP contribution in [0.25, 0.3) is 0 Å². The number of amides is 1. The van der Waals surface area contributed by atoms with Gasteiger partial charge in [-0.1, -0.05) is 19.3 Å². The average Bonchev–Trinajstić information content (AvgIpc) is 2.85. The van der Waals surface area contributed by atoms with Crippen molar-refractivity contribution in [2.75, 3.05) is 58.6 Å². The smallest absolute Gasteiger partial charge is 0.259 e. The van der Waals surface area contributed by atoms with E-state index in [-0.39, 0.29) is 18.4 Å². The highest BCUT2D eigenvalue weighted by atomic mass is 32.2. The Balaban J connectivity index is 1.51. The molecule has 0 spiro atoms. The van der Waals surface area contributed by atoms with E-state index in [9.17, 15) is 13.2 Å². The fourth-order valence-corrected chi connectivity index (χ4v) is 6.47. The average molecular weight is 515 g/mol. The number of sulfonamides is 1. The molecule has 0 unspecified atom stereocenters. The molecule has 0 saturated carbocycles. The molecule has 0 radical (unpaired) electrons. The summed E-state index contributed by atoms with van der Waals surface area (Å²) in [6, 6.07) is 7.01. The summed E-state index contributed by atoms with van der Waals surface area (Å²) in [4.78, 5) is 24.7. The molecule has 4 aliphatic heterocycles. The lowest BCUT2D eigenvalue weighted by molar-refractivity contribution is 0.102. The van der Waals surface area contributed by atoms with Crippen LogP contribution in [-0.4, -0.2) is 63.0 Å². The first-order chi connectivity index (χ1) is 17.4. The maximum atomic E-state index is 13.5. The number of hydrogen-bond acceptors (Lipinski definition) is 8. The molecule has 2 saturated heterocycles. The Morgan fingerprint density at radius 2 is 1.86 bits per heavy atom. The molecule has 36 heavy (non-hydrogen) atoms. The van der Waals surface area contributed by atoms with Crippen LogP contribution in [0.4, 0.5) is 23.1 Å². The summed E-state index contributed by atoms with van der Waals surface area (Å²) >= 11 is 0. The van der Waals surface area contributed by atoms with Crippen LogP contribution in [0.1, 0.15) is 54.6 Å². The molecular weight excluding hydrogens is 480 g/mol. The van der Waals surface area contributed by atoms with Crippen molar-refractivity contribution in [2.45, 2.75) is 45.4 Å². The Morgan fingerprint density at radius 1 is 1.03 bits per heavy atom. The van der Waals surface area contributed by atoms with Gasteiger partial charge in [0.25, 0.3) is 15.9 Å². The zero-order valence-corrected chi connectivity index (χ0v) is 21.5. The third-order valence-corrected chi connectivity index (χ3v) is 8.67. The number of piperidine rings is 1. The van der Waals surface area contributed by atoms with Gasteiger partial charge in [0.15, 0.2) is 5.94 Å². The molecule has 11 heteroatoms. The minimum atomic E-state index is -3.56. The van der Waals surface area contributed by atoms with Gasteiger partial charge in [0, 0.05) is 31.4 Å². The summed E-state index contributed by atoms with van der Waals surface area (Å²) in [5, 5.41) is 6.22. The Hall–Kier alpha value is -2.92. The second-order valence-electron chi connectivity index (χ2n) is 9.79. The monoisotopic (exact) mass is 514 g/mol. The zero-order valence-electron chi connectivity index (χ0n) is 20.7. The van der Waals surface area contributed by atoms with Crippen molar-refractivity contribution in [3.8, 4) is 0 Å². The van der Waals surface area contributed by atoms with Crippen LogP contribution >= 0.6 is 0 Å². The first-order valence-electron chi connectivity index (χ1n) is 12.8. The molecule has 2 aromatic rings. The minimum absolute atomic E-state index is 0.255. The summed E-state index contributed by atoms with van der Waals surface area (Å²) < 4.78 is 31.9. The molecule has 10 nitrogen and oxygen atoms in total. The summed E-state index contributed by atoms with van der Waals surface area (Å²) in [5.74, 6) is 0.998. The van der Waals surface area contributed by atoms with Crippen molar-refractivity contribution in [3.63, 3.8) is 0 Å². The van der Waals surface area contributed by atoms with E-state index < -0.39 is 10.0 Å². The van der Waals surface area contributed by atoms with E-state index in [0.717, 1.165) is 56.7 Å². The SMILES string of the molecule is Cc1cc2nc(n1)NCCCCCC1CCN(CC1)c1cc(N3CCOCS3(=O)=O)ccc1C(=O)N2. The van der Waals surface area contributed by atoms with Crippen LogP contribution in [0.3, 0.4) is 0 Å². The number of hydrogen-bond donors (Lipinski definition) is 2. The molecule has 0 aliphatic carbocycles. The van der Waals surface area contributed by atoms with Gasteiger partial charge in [-0.25, -0.2) is 13.4 Å². The highest BCUT2D eigenvalue weighted by Crippen LogP contribution is 2.34. The Kier molecular flexibility index (Phi) is 7.29. The largest absolute Gasteiger partial charge is 0.371 e. The number of benzene rings is 1. The van der Waals surface area contributed by atoms with Gasteiger partial charge in [0.1, 0.15) is 5.82 Å². The molecule has 4 bridgehead atoms. The number of carbonyl (C=O) groups excluding carboxylic acids is 1. The molecule has 5 heterocycles. The molecule has 194 valence electrons. The molecule has 4 aliphatic rings. The standard InChI is InChI=1S/C25H34N6O4S/c1-18-15-23-28-24(32)21-7-6-20(31-13-14-35-17-36(31,33)34)16-22(21)30-11-8-19(9-12-30)5-3-2-4-10-26-25(27-18)29-23/h6-7,15-16,19H,2-5,8-14,17H2,1H3,(H2,26,27,28,29,32). The zero-order chi connectivity index (χ0) is 25.1. The van der Waals surface area contributed by atoms with E-state index in [0.29, 0.717) is 35.5 Å². The third-order valence-electron chi connectivity index (χ3n) is 7.14. The van der Waals surface area contributed by atoms with Crippen molar-refractivity contribution < 1.29 is 17.9 Å². The Morgan fingerprint density at radius 3 is 2.67 bits per heavy atom. The van der Waals surface area contributed by atoms with Crippen LogP contribution in [0.15, 0.2) is 24.3 Å². The van der Waals surface area contributed by atoms with Crippen molar-refractivity contribution in [1.82, 2.24) is 9.97 Å². The van der Waals surface area contributed by atoms with Gasteiger partial charge in [0.2, 0.25) is 5.95 Å². The van der Waals surface area contributed by atoms with Crippen LogP contribution in [0.5, 0.6) is 0 Å². The molecule has 2 N–H and O–H groups in total. The van der Waals surface area contributed by atoms with Crippen molar-refractivity contribution in [1.29, 1.82) is 0 Å². The van der Waals surface area contributed by atoms with E-state index in [1.165, 1.54) is 17.1 Å². The van der Waals surface area contributed by atoms with E-state index in [2.05, 4.69) is 25.5 Å². The van der Waals surface area contributed by atoms with Crippen LogP contribution in [0, 0.1) is 12.8 Å². The quantitative estimate of drug-likeness (QED) is 0.595. The van der Waals surface area contributed by atoms with E-state index >= 15 is 0 Å². The van der Waals surface area contributed by atoms with E-state index in [1.54, 1.807) is 18.2 Å². The second-order valence-corrected chi connectivity index (χ2v) is 11.6. The Bertz CT molecular complexity index is 1210. The van der Waals surface area contributed by atoms with Crippen LogP contribution in [0.2, 0.25) is 0 Å². The van der Waals surface area contributed by atoms with Crippen molar-refractivity contribution in [3.05, 3.63) is 35.5 Å². The summed E-state index contributed by atoms with van der Waals surface area (Å²) in [5.41, 5.74) is 2.56. The molecule has 6 rings (SSSR count). The minimum Gasteiger partial charge on any atom is -0.371 e. The lowest BCUT2D eigenvalue weighted by Crippen LogP contribution is -2.41. The fourth-order valence-electron chi connectivity index (χ4n) is 5.23. The summed E-state index contributed by atoms with van der Waals surface area (Å²) in [6.45, 7) is 4.94. The maximum absolute atomic E-state index is 13.5. The van der Waals surface area contributed by atoms with Crippen molar-refractivity contribution >= 4 is 39.1 Å². The highest BCUT2D eigenvalue weighted by molar-refractivity contribution is 7.92. The molecule has 0 atom stereocenters. The van der Waals surface area contributed by atoms with Crippen LogP contribution < -0.4 is 19.8 Å². The predicted molar refractivity (Wildman–Crippen MR) is 140 cm³/mol. The number of rotatable bonds is 1. The number of ether oxygens (including phenoxy) is 1. The van der Waals surface area contributed by atoms with Crippen LogP contribution in [-0.2, 0) is 14.8 Å².